The number of esters is 1. The van der Waals surface area contributed by atoms with Crippen LogP contribution in [0.1, 0.15) is 51.5 Å². The lowest BCUT2D eigenvalue weighted by molar-refractivity contribution is 0.0599. The molecule has 5 heteroatoms. The molecular formula is C19H24N2O3. The normalized spacial score (nSPS) is 11.9. The zero-order valence-corrected chi connectivity index (χ0v) is 14.8. The number of hydrogen-bond donors (Lipinski definition) is 2. The van der Waals surface area contributed by atoms with Gasteiger partial charge in [-0.3, -0.25) is 4.79 Å². The van der Waals surface area contributed by atoms with Crippen molar-refractivity contribution in [2.75, 3.05) is 12.4 Å². The van der Waals surface area contributed by atoms with E-state index in [1.54, 1.807) is 13.8 Å². The molecule has 0 unspecified atom stereocenters. The van der Waals surface area contributed by atoms with E-state index >= 15 is 0 Å². The summed E-state index contributed by atoms with van der Waals surface area (Å²) in [5, 5.41) is 3.27. The smallest absolute Gasteiger partial charge is 0.339 e. The van der Waals surface area contributed by atoms with Gasteiger partial charge in [-0.2, -0.15) is 0 Å². The monoisotopic (exact) mass is 328 g/mol. The van der Waals surface area contributed by atoms with E-state index in [0.717, 1.165) is 17.7 Å². The Hall–Kier alpha value is -2.56. The lowest BCUT2D eigenvalue weighted by Gasteiger charge is -2.16. The zero-order valence-electron chi connectivity index (χ0n) is 14.8. The molecule has 1 aromatic heterocycles. The van der Waals surface area contributed by atoms with Gasteiger partial charge in [0, 0.05) is 11.4 Å². The number of nitrogens with one attached hydrogen (secondary N) is 2. The maximum Gasteiger partial charge on any atom is 0.339 e. The van der Waals surface area contributed by atoms with Crippen LogP contribution >= 0.6 is 0 Å². The van der Waals surface area contributed by atoms with Gasteiger partial charge in [0.15, 0.2) is 0 Å². The first kappa shape index (κ1) is 17.8. The SMILES string of the molecule is CCc1ccccc1N[C@@H](C)C(=O)c1[nH]c(C)c(C(=O)OC)c1C. The summed E-state index contributed by atoms with van der Waals surface area (Å²) in [6.07, 6.45) is 0.886. The molecule has 1 aromatic carbocycles. The average Bonchev–Trinajstić information content (AvgIpc) is 2.88. The topological polar surface area (TPSA) is 71.2 Å². The third-order valence-corrected chi connectivity index (χ3v) is 4.24. The predicted octanol–water partition coefficient (Wildman–Crippen LogP) is 3.66. The van der Waals surface area contributed by atoms with Gasteiger partial charge in [-0.05, 0) is 44.4 Å². The second-order valence-corrected chi connectivity index (χ2v) is 5.86. The molecule has 0 aliphatic heterocycles. The quantitative estimate of drug-likeness (QED) is 0.627. The molecule has 24 heavy (non-hydrogen) atoms. The van der Waals surface area contributed by atoms with Crippen molar-refractivity contribution in [2.24, 2.45) is 0 Å². The van der Waals surface area contributed by atoms with Crippen LogP contribution in [-0.2, 0) is 11.2 Å². The minimum absolute atomic E-state index is 0.0864. The number of aromatic nitrogens is 1. The van der Waals surface area contributed by atoms with Crippen LogP contribution in [0.5, 0.6) is 0 Å². The molecule has 0 fully saturated rings. The van der Waals surface area contributed by atoms with Gasteiger partial charge in [0.1, 0.15) is 0 Å². The Bertz CT molecular complexity index is 762. The number of Topliss-reactive ketones (excluding diaryl/α,β-unsaturated/α-hetero) is 1. The maximum atomic E-state index is 12.8. The number of carbonyl (C=O) groups excluding carboxylic acids is 2. The molecular weight excluding hydrogens is 304 g/mol. The molecule has 2 rings (SSSR count). The summed E-state index contributed by atoms with van der Waals surface area (Å²) in [4.78, 5) is 27.7. The molecule has 0 bridgehead atoms. The van der Waals surface area contributed by atoms with Crippen molar-refractivity contribution >= 4 is 17.4 Å². The van der Waals surface area contributed by atoms with Gasteiger partial charge in [0.2, 0.25) is 5.78 Å². The van der Waals surface area contributed by atoms with Gasteiger partial charge in [0.05, 0.1) is 24.4 Å². The van der Waals surface area contributed by atoms with Crippen LogP contribution in [0.2, 0.25) is 0 Å². The predicted molar refractivity (Wildman–Crippen MR) is 94.8 cm³/mol. The van der Waals surface area contributed by atoms with E-state index in [1.807, 2.05) is 31.2 Å². The molecule has 0 aliphatic carbocycles. The van der Waals surface area contributed by atoms with Crippen molar-refractivity contribution in [2.45, 2.75) is 40.2 Å². The number of para-hydroxylation sites is 1. The number of aryl methyl sites for hydroxylation is 2. The van der Waals surface area contributed by atoms with E-state index in [9.17, 15) is 9.59 Å². The van der Waals surface area contributed by atoms with E-state index in [1.165, 1.54) is 7.11 Å². The Kier molecular flexibility index (Phi) is 5.44. The number of anilines is 1. The number of methoxy groups -OCH3 is 1. The summed E-state index contributed by atoms with van der Waals surface area (Å²) >= 11 is 0. The average molecular weight is 328 g/mol. The lowest BCUT2D eigenvalue weighted by Crippen LogP contribution is -2.27. The molecule has 0 radical (unpaired) electrons. The fraction of sp³-hybridized carbons (Fsp3) is 0.368. The van der Waals surface area contributed by atoms with Crippen LogP contribution in [0.15, 0.2) is 24.3 Å². The van der Waals surface area contributed by atoms with Crippen LogP contribution in [0.25, 0.3) is 0 Å². The molecule has 5 nitrogen and oxygen atoms in total. The lowest BCUT2D eigenvalue weighted by atomic mass is 10.0. The number of carbonyl (C=O) groups is 2. The Balaban J connectivity index is 2.27. The molecule has 0 spiro atoms. The van der Waals surface area contributed by atoms with Gasteiger partial charge >= 0.3 is 5.97 Å². The first-order chi connectivity index (χ1) is 11.4. The summed E-state index contributed by atoms with van der Waals surface area (Å²) in [6, 6.07) is 7.52. The van der Waals surface area contributed by atoms with Gasteiger partial charge in [-0.1, -0.05) is 25.1 Å². The Labute approximate surface area is 142 Å². The highest BCUT2D eigenvalue weighted by Crippen LogP contribution is 2.22. The Morgan fingerprint density at radius 2 is 1.92 bits per heavy atom. The van der Waals surface area contributed by atoms with Gasteiger partial charge in [-0.25, -0.2) is 4.79 Å². The van der Waals surface area contributed by atoms with Crippen LogP contribution in [-0.4, -0.2) is 29.9 Å². The number of ether oxygens (including phenoxy) is 1. The third kappa shape index (κ3) is 3.35. The number of hydrogen-bond acceptors (Lipinski definition) is 4. The molecule has 2 aromatic rings. The van der Waals surface area contributed by atoms with Crippen molar-refractivity contribution in [3.8, 4) is 0 Å². The number of H-pyrrole nitrogens is 1. The van der Waals surface area contributed by atoms with Gasteiger partial charge < -0.3 is 15.0 Å². The number of benzene rings is 1. The maximum absolute atomic E-state index is 12.8. The largest absolute Gasteiger partial charge is 0.465 e. The highest BCUT2D eigenvalue weighted by atomic mass is 16.5. The fourth-order valence-corrected chi connectivity index (χ4v) is 2.89. The van der Waals surface area contributed by atoms with Crippen LogP contribution < -0.4 is 5.32 Å². The van der Waals surface area contributed by atoms with E-state index in [-0.39, 0.29) is 5.78 Å². The van der Waals surface area contributed by atoms with Crippen LogP contribution in [0.3, 0.4) is 0 Å². The molecule has 128 valence electrons. The van der Waals surface area contributed by atoms with Crippen molar-refractivity contribution < 1.29 is 14.3 Å². The molecule has 2 N–H and O–H groups in total. The van der Waals surface area contributed by atoms with Gasteiger partial charge in [-0.15, -0.1) is 0 Å². The Morgan fingerprint density at radius 3 is 2.54 bits per heavy atom. The minimum Gasteiger partial charge on any atom is -0.465 e. The zero-order chi connectivity index (χ0) is 17.9. The molecule has 0 saturated carbocycles. The summed E-state index contributed by atoms with van der Waals surface area (Å²) in [6.45, 7) is 7.42. The van der Waals surface area contributed by atoms with Crippen molar-refractivity contribution in [1.29, 1.82) is 0 Å². The first-order valence-electron chi connectivity index (χ1n) is 8.06. The van der Waals surface area contributed by atoms with E-state index < -0.39 is 12.0 Å². The molecule has 0 amide bonds. The van der Waals surface area contributed by atoms with Gasteiger partial charge in [0.25, 0.3) is 0 Å². The summed E-state index contributed by atoms with van der Waals surface area (Å²) in [5.41, 5.74) is 4.26. The van der Waals surface area contributed by atoms with Crippen molar-refractivity contribution in [3.63, 3.8) is 0 Å². The Morgan fingerprint density at radius 1 is 1.25 bits per heavy atom. The molecule has 1 heterocycles. The second-order valence-electron chi connectivity index (χ2n) is 5.86. The number of aromatic amines is 1. The first-order valence-corrected chi connectivity index (χ1v) is 8.06. The molecule has 0 aliphatic rings. The van der Waals surface area contributed by atoms with Crippen LogP contribution in [0.4, 0.5) is 5.69 Å². The summed E-state index contributed by atoms with van der Waals surface area (Å²) in [5.74, 6) is -0.520. The summed E-state index contributed by atoms with van der Waals surface area (Å²) in [7, 11) is 1.33. The third-order valence-electron chi connectivity index (χ3n) is 4.24. The highest BCUT2D eigenvalue weighted by Gasteiger charge is 2.25. The van der Waals surface area contributed by atoms with E-state index in [2.05, 4.69) is 17.2 Å². The highest BCUT2D eigenvalue weighted by molar-refractivity contribution is 6.04. The molecule has 0 saturated heterocycles. The summed E-state index contributed by atoms with van der Waals surface area (Å²) < 4.78 is 4.79. The fourth-order valence-electron chi connectivity index (χ4n) is 2.89. The van der Waals surface area contributed by atoms with E-state index in [0.29, 0.717) is 22.5 Å². The van der Waals surface area contributed by atoms with E-state index in [4.69, 9.17) is 4.74 Å². The molecule has 1 atom stereocenters. The number of ketones is 1. The minimum atomic E-state index is -0.433. The number of rotatable bonds is 6. The van der Waals surface area contributed by atoms with Crippen molar-refractivity contribution in [1.82, 2.24) is 4.98 Å². The second kappa shape index (κ2) is 7.34. The standard InChI is InChI=1S/C19H24N2O3/c1-6-14-9-7-8-10-15(14)20-13(4)18(22)17-11(2)16(12(3)21-17)19(23)24-5/h7-10,13,20-21H,6H2,1-5H3/t13-/m0/s1. The van der Waals surface area contributed by atoms with Crippen molar-refractivity contribution in [3.05, 3.63) is 52.3 Å². The van der Waals surface area contributed by atoms with Crippen LogP contribution in [0, 0.1) is 13.8 Å².